The van der Waals surface area contributed by atoms with E-state index < -0.39 is 43.5 Å². The molecule has 0 aliphatic carbocycles. The number of phenols is 1. The van der Waals surface area contributed by atoms with Crippen molar-refractivity contribution in [3.8, 4) is 23.0 Å². The lowest BCUT2D eigenvalue weighted by atomic mass is 9.91. The minimum atomic E-state index is -2.96. The zero-order chi connectivity index (χ0) is 37.9. The van der Waals surface area contributed by atoms with Crippen LogP contribution in [-0.2, 0) is 8.85 Å². The van der Waals surface area contributed by atoms with Crippen molar-refractivity contribution in [1.82, 2.24) is 0 Å². The summed E-state index contributed by atoms with van der Waals surface area (Å²) in [6, 6.07) is 11.6. The number of rotatable bonds is 11. The van der Waals surface area contributed by atoms with Crippen LogP contribution in [0.3, 0.4) is 0 Å². The molecule has 2 heterocycles. The Kier molecular flexibility index (Phi) is 11.6. The molecule has 6 nitrogen and oxygen atoms in total. The normalized spacial score (nSPS) is 21.3. The predicted molar refractivity (Wildman–Crippen MR) is 215 cm³/mol. The van der Waals surface area contributed by atoms with Crippen LogP contribution in [0.5, 0.6) is 23.0 Å². The smallest absolute Gasteiger partial charge is 0.350 e. The molecule has 1 fully saturated rings. The van der Waals surface area contributed by atoms with Gasteiger partial charge >= 0.3 is 8.56 Å². The third-order valence-electron chi connectivity index (χ3n) is 12.0. The molecule has 0 bridgehead atoms. The molecule has 9 heteroatoms. The number of fused-ring (bicyclic) bond motifs is 3. The fourth-order valence-corrected chi connectivity index (χ4v) is 25.6. The molecule has 50 heavy (non-hydrogen) atoms. The van der Waals surface area contributed by atoms with E-state index in [-0.39, 0.29) is 15.8 Å². The van der Waals surface area contributed by atoms with Crippen LogP contribution in [0.1, 0.15) is 148 Å². The number of hydrogen-bond acceptors (Lipinski definition) is 6. The van der Waals surface area contributed by atoms with E-state index in [0.29, 0.717) is 33.2 Å². The Morgan fingerprint density at radius 3 is 1.48 bits per heavy atom. The van der Waals surface area contributed by atoms with E-state index in [0.717, 1.165) is 28.4 Å². The summed E-state index contributed by atoms with van der Waals surface area (Å²) in [5.41, 5.74) is 4.24. The summed E-state index contributed by atoms with van der Waals surface area (Å²) in [6.07, 6.45) is -1.23. The van der Waals surface area contributed by atoms with Crippen LogP contribution in [-0.4, -0.2) is 36.4 Å². The highest BCUT2D eigenvalue weighted by molar-refractivity contribution is 6.79. The highest BCUT2D eigenvalue weighted by Gasteiger charge is 2.68. The molecule has 3 atom stereocenters. The standard InChI is InChI=1S/C41H70O6Si3/c1-25(2)48(26(3)4,27(5)6)44-33-23-34-36(35(24-33)45-49(28(7)8,29(9)10)30(11)12)38-39(37(43-34)31-19-21-32(42)22-20-31)47-50(46-38,40(13,14)15)41(16,17)18/h19-30,37-39,42H,1-18H3/t37-,38+,39-/m1/s1. The van der Waals surface area contributed by atoms with Crippen LogP contribution < -0.4 is 13.6 Å². The molecular formula is C41H70O6Si3. The molecule has 0 aromatic heterocycles. The van der Waals surface area contributed by atoms with Gasteiger partial charge in [-0.15, -0.1) is 0 Å². The minimum Gasteiger partial charge on any atom is -0.543 e. The van der Waals surface area contributed by atoms with Gasteiger partial charge in [0.15, 0.2) is 6.10 Å². The lowest BCUT2D eigenvalue weighted by Crippen LogP contribution is -2.54. The maximum atomic E-state index is 10.2. The molecule has 0 radical (unpaired) electrons. The van der Waals surface area contributed by atoms with Crippen molar-refractivity contribution < 1.29 is 27.5 Å². The Morgan fingerprint density at radius 2 is 1.06 bits per heavy atom. The second kappa shape index (κ2) is 14.2. The van der Waals surface area contributed by atoms with Crippen LogP contribution in [0.15, 0.2) is 36.4 Å². The van der Waals surface area contributed by atoms with Crippen molar-refractivity contribution in [3.05, 3.63) is 47.5 Å². The monoisotopic (exact) mass is 742 g/mol. The predicted octanol–water partition coefficient (Wildman–Crippen LogP) is 13.1. The zero-order valence-electron chi connectivity index (χ0n) is 34.6. The average Bonchev–Trinajstić information content (AvgIpc) is 3.40. The number of hydrogen-bond donors (Lipinski definition) is 1. The Hall–Kier alpha value is -1.79. The Morgan fingerprint density at radius 1 is 0.620 bits per heavy atom. The largest absolute Gasteiger partial charge is 0.543 e. The second-order valence-corrected chi connectivity index (χ2v) is 34.5. The molecule has 282 valence electrons. The van der Waals surface area contributed by atoms with Crippen molar-refractivity contribution in [2.24, 2.45) is 0 Å². The van der Waals surface area contributed by atoms with Crippen LogP contribution >= 0.6 is 0 Å². The summed E-state index contributed by atoms with van der Waals surface area (Å²) in [7, 11) is -7.71. The molecule has 2 aromatic carbocycles. The van der Waals surface area contributed by atoms with Gasteiger partial charge in [0.25, 0.3) is 16.6 Å². The van der Waals surface area contributed by atoms with Gasteiger partial charge in [-0.05, 0) is 50.9 Å². The first-order valence-corrected chi connectivity index (χ1v) is 25.3. The molecule has 0 amide bonds. The van der Waals surface area contributed by atoms with Crippen LogP contribution in [0.25, 0.3) is 0 Å². The lowest BCUT2D eigenvalue weighted by molar-refractivity contribution is 0.00845. The van der Waals surface area contributed by atoms with E-state index in [1.165, 1.54) is 0 Å². The summed E-state index contributed by atoms with van der Waals surface area (Å²) in [5.74, 6) is 2.61. The fraction of sp³-hybridized carbons (Fsp3) is 0.707. The summed E-state index contributed by atoms with van der Waals surface area (Å²) >= 11 is 0. The van der Waals surface area contributed by atoms with Gasteiger partial charge in [0.2, 0.25) is 0 Å². The number of benzene rings is 2. The topological polar surface area (TPSA) is 66.4 Å². The zero-order valence-corrected chi connectivity index (χ0v) is 37.6. The van der Waals surface area contributed by atoms with Gasteiger partial charge < -0.3 is 27.5 Å². The number of aromatic hydroxyl groups is 1. The maximum absolute atomic E-state index is 10.2. The molecule has 2 aromatic rings. The van der Waals surface area contributed by atoms with Gasteiger partial charge in [-0.3, -0.25) is 0 Å². The minimum absolute atomic E-state index is 0.222. The van der Waals surface area contributed by atoms with E-state index in [9.17, 15) is 5.11 Å². The highest BCUT2D eigenvalue weighted by atomic mass is 28.4. The van der Waals surface area contributed by atoms with Gasteiger partial charge in [-0.25, -0.2) is 0 Å². The maximum Gasteiger partial charge on any atom is 0.350 e. The van der Waals surface area contributed by atoms with E-state index >= 15 is 0 Å². The third kappa shape index (κ3) is 6.76. The van der Waals surface area contributed by atoms with E-state index in [1.54, 1.807) is 12.1 Å². The average molecular weight is 743 g/mol. The summed E-state index contributed by atoms with van der Waals surface area (Å²) in [6.45, 7) is 41.5. The van der Waals surface area contributed by atoms with Crippen molar-refractivity contribution >= 4 is 25.2 Å². The first kappa shape index (κ1) is 41.0. The van der Waals surface area contributed by atoms with E-state index in [4.69, 9.17) is 22.4 Å². The molecule has 0 saturated carbocycles. The molecule has 1 saturated heterocycles. The second-order valence-electron chi connectivity index (χ2n) is 19.0. The molecule has 4 rings (SSSR count). The van der Waals surface area contributed by atoms with Gasteiger partial charge in [0.05, 0.1) is 5.56 Å². The van der Waals surface area contributed by atoms with Gasteiger partial charge in [-0.2, -0.15) is 0 Å². The quantitative estimate of drug-likeness (QED) is 0.231. The summed E-state index contributed by atoms with van der Waals surface area (Å²) in [4.78, 5) is 0. The Balaban J connectivity index is 2.09. The first-order valence-electron chi connectivity index (χ1n) is 19.2. The SMILES string of the molecule is CC(C)[Si](Oc1cc2c(c(O[Si](C(C)C)(C(C)C)C(C)C)c1)[C@@H]1O[Si](C(C)(C)C)(C(C)(C)C)O[C@@H]1[C@@H](c1ccc(O)cc1)O2)(C(C)C)C(C)C. The molecule has 2 aliphatic heterocycles. The van der Waals surface area contributed by atoms with Crippen LogP contribution in [0.4, 0.5) is 0 Å². The van der Waals surface area contributed by atoms with Gasteiger partial charge in [-0.1, -0.05) is 137 Å². The summed E-state index contributed by atoms with van der Waals surface area (Å²) in [5, 5.41) is 9.79. The van der Waals surface area contributed by atoms with Crippen LogP contribution in [0, 0.1) is 0 Å². The molecule has 1 N–H and O–H groups in total. The first-order chi connectivity index (χ1) is 22.9. The summed E-state index contributed by atoms with van der Waals surface area (Å²) < 4.78 is 37.2. The van der Waals surface area contributed by atoms with Crippen LogP contribution in [0.2, 0.25) is 43.3 Å². The molecule has 2 aliphatic rings. The Bertz CT molecular complexity index is 1410. The Labute approximate surface area is 308 Å². The lowest BCUT2D eigenvalue weighted by Gasteiger charge is -2.46. The van der Waals surface area contributed by atoms with Crippen molar-refractivity contribution in [3.63, 3.8) is 0 Å². The fourth-order valence-electron chi connectivity index (χ4n) is 10.1. The van der Waals surface area contributed by atoms with Crippen molar-refractivity contribution in [2.45, 2.75) is 186 Å². The molecular weight excluding hydrogens is 673 g/mol. The third-order valence-corrected chi connectivity index (χ3v) is 29.1. The van der Waals surface area contributed by atoms with Gasteiger partial charge in [0, 0.05) is 22.2 Å². The molecule has 0 spiro atoms. The number of ether oxygens (including phenoxy) is 1. The van der Waals surface area contributed by atoms with E-state index in [2.05, 4.69) is 137 Å². The highest BCUT2D eigenvalue weighted by Crippen LogP contribution is 2.64. The number of phenolic OH excluding ortho intramolecular Hbond substituents is 1. The van der Waals surface area contributed by atoms with Gasteiger partial charge in [0.1, 0.15) is 35.2 Å². The van der Waals surface area contributed by atoms with Crippen molar-refractivity contribution in [1.29, 1.82) is 0 Å². The molecule has 0 unspecified atom stereocenters. The van der Waals surface area contributed by atoms with E-state index in [1.807, 2.05) is 12.1 Å². The van der Waals surface area contributed by atoms with Crippen molar-refractivity contribution in [2.75, 3.05) is 0 Å².